The van der Waals surface area contributed by atoms with Crippen LogP contribution in [0.25, 0.3) is 0 Å². The Morgan fingerprint density at radius 3 is 1.48 bits per heavy atom. The van der Waals surface area contributed by atoms with Crippen LogP contribution < -0.4 is 21.3 Å². The first-order valence-electron chi connectivity index (χ1n) is 15.6. The molecule has 10 nitrogen and oxygen atoms in total. The Kier molecular flexibility index (Phi) is 27.9. The number of nitrogens with one attached hydrogen (secondary N) is 4. The smallest absolute Gasteiger partial charge is 0.327 e. The highest BCUT2D eigenvalue weighted by Crippen LogP contribution is 2.23. The van der Waals surface area contributed by atoms with E-state index in [-0.39, 0.29) is 36.4 Å². The Morgan fingerprint density at radius 2 is 1.02 bits per heavy atom. The highest BCUT2D eigenvalue weighted by Gasteiger charge is 2.22. The first-order valence-corrected chi connectivity index (χ1v) is 18.1. The molecule has 0 aliphatic carbocycles. The van der Waals surface area contributed by atoms with Gasteiger partial charge in [0.2, 0.25) is 23.6 Å². The number of carboxylic acids is 1. The number of carbonyl (C=O) groups is 5. The lowest BCUT2D eigenvalue weighted by Gasteiger charge is -2.18. The van der Waals surface area contributed by atoms with Crippen molar-refractivity contribution in [3.05, 3.63) is 72.9 Å². The van der Waals surface area contributed by atoms with Gasteiger partial charge in [0.05, 0.1) is 0 Å². The molecule has 0 aromatic rings. The first-order chi connectivity index (χ1) is 22.2. The molecule has 0 fully saturated rings. The number of carbonyl (C=O) groups excluding carboxylic acids is 4. The molecule has 0 aliphatic heterocycles. The van der Waals surface area contributed by atoms with Gasteiger partial charge in [-0.05, 0) is 44.9 Å². The van der Waals surface area contributed by atoms with E-state index in [9.17, 15) is 24.0 Å². The summed E-state index contributed by atoms with van der Waals surface area (Å²) in [4.78, 5) is 58.5. The zero-order valence-electron chi connectivity index (χ0n) is 27.4. The molecule has 0 saturated heterocycles. The quantitative estimate of drug-likeness (QED) is 0.0478. The fourth-order valence-electron chi connectivity index (χ4n) is 3.53. The van der Waals surface area contributed by atoms with Crippen molar-refractivity contribution in [1.82, 2.24) is 21.3 Å². The van der Waals surface area contributed by atoms with Gasteiger partial charge < -0.3 is 26.4 Å². The summed E-state index contributed by atoms with van der Waals surface area (Å²) in [7, 11) is 2.39. The molecule has 0 unspecified atom stereocenters. The van der Waals surface area contributed by atoms with Crippen LogP contribution in [0.15, 0.2) is 72.9 Å². The molecule has 0 bridgehead atoms. The van der Waals surface area contributed by atoms with Crippen molar-refractivity contribution in [2.24, 2.45) is 0 Å². The summed E-state index contributed by atoms with van der Waals surface area (Å²) in [6, 6.07) is -1.88. The van der Waals surface area contributed by atoms with Gasteiger partial charge in [0.25, 0.3) is 0 Å². The molecular formula is C34H52N4O6S2. The van der Waals surface area contributed by atoms with Crippen molar-refractivity contribution >= 4 is 51.2 Å². The lowest BCUT2D eigenvalue weighted by molar-refractivity contribution is -0.140. The van der Waals surface area contributed by atoms with Crippen molar-refractivity contribution in [3.8, 4) is 0 Å². The summed E-state index contributed by atoms with van der Waals surface area (Å²) in [5, 5.41) is 19.5. The van der Waals surface area contributed by atoms with Crippen LogP contribution in [0.5, 0.6) is 0 Å². The molecule has 5 N–H and O–H groups in total. The van der Waals surface area contributed by atoms with Gasteiger partial charge in [-0.25, -0.2) is 4.79 Å². The topological polar surface area (TPSA) is 154 Å². The summed E-state index contributed by atoms with van der Waals surface area (Å²) in [6.45, 7) is 5.12. The van der Waals surface area contributed by atoms with Gasteiger partial charge in [0.1, 0.15) is 12.1 Å². The van der Waals surface area contributed by atoms with Crippen LogP contribution in [-0.4, -0.2) is 71.4 Å². The zero-order valence-corrected chi connectivity index (χ0v) is 29.0. The van der Waals surface area contributed by atoms with Crippen LogP contribution in [0.1, 0.15) is 72.1 Å². The molecule has 12 heteroatoms. The predicted octanol–water partition coefficient (Wildman–Crippen LogP) is 5.17. The van der Waals surface area contributed by atoms with Crippen LogP contribution in [0.3, 0.4) is 0 Å². The van der Waals surface area contributed by atoms with E-state index in [1.807, 2.05) is 12.2 Å². The molecule has 0 aliphatic rings. The van der Waals surface area contributed by atoms with Gasteiger partial charge in [-0.1, -0.05) is 101 Å². The average molecular weight is 677 g/mol. The second-order valence-corrected chi connectivity index (χ2v) is 12.6. The van der Waals surface area contributed by atoms with E-state index in [0.29, 0.717) is 12.8 Å². The molecule has 0 heterocycles. The third-order valence-corrected chi connectivity index (χ3v) is 8.23. The van der Waals surface area contributed by atoms with E-state index >= 15 is 0 Å². The second kappa shape index (κ2) is 30.2. The lowest BCUT2D eigenvalue weighted by atomic mass is 10.2. The summed E-state index contributed by atoms with van der Waals surface area (Å²) in [5.74, 6) is -2.22. The fraction of sp³-hybridized carbons (Fsp3) is 0.500. The number of allylic oxidation sites excluding steroid dienone is 12. The van der Waals surface area contributed by atoms with E-state index in [4.69, 9.17) is 5.11 Å². The molecular weight excluding hydrogens is 625 g/mol. The molecule has 0 aromatic carbocycles. The molecule has 256 valence electrons. The summed E-state index contributed by atoms with van der Waals surface area (Å²) < 4.78 is 0. The van der Waals surface area contributed by atoms with Crippen molar-refractivity contribution in [2.75, 3.05) is 24.6 Å². The Morgan fingerprint density at radius 1 is 0.609 bits per heavy atom. The van der Waals surface area contributed by atoms with Crippen molar-refractivity contribution < 1.29 is 29.1 Å². The van der Waals surface area contributed by atoms with E-state index in [2.05, 4.69) is 89.0 Å². The van der Waals surface area contributed by atoms with Gasteiger partial charge in [0.15, 0.2) is 0 Å². The van der Waals surface area contributed by atoms with Crippen LogP contribution in [0.2, 0.25) is 0 Å². The van der Waals surface area contributed by atoms with Crippen molar-refractivity contribution in [1.29, 1.82) is 0 Å². The zero-order chi connectivity index (χ0) is 34.3. The van der Waals surface area contributed by atoms with Gasteiger partial charge >= 0.3 is 5.97 Å². The van der Waals surface area contributed by atoms with E-state index < -0.39 is 29.9 Å². The molecule has 0 aromatic heterocycles. The molecule has 0 spiro atoms. The molecule has 4 amide bonds. The van der Waals surface area contributed by atoms with Gasteiger partial charge in [-0.3, -0.25) is 19.2 Å². The van der Waals surface area contributed by atoms with Gasteiger partial charge in [0, 0.05) is 44.9 Å². The SMILES string of the molecule is CCC=CCC=CCC=CCC=CCC=CCC=CCCC(=O)NCCNC(=O)[C@H](CSSC[C@H](NC(C)=O)C(=O)O)NC(C)=O. The Labute approximate surface area is 282 Å². The van der Waals surface area contributed by atoms with Crippen molar-refractivity contribution in [2.45, 2.75) is 84.2 Å². The maximum absolute atomic E-state index is 12.5. The Bertz CT molecular complexity index is 1090. The maximum atomic E-state index is 12.5. The van der Waals surface area contributed by atoms with Gasteiger partial charge in [-0.2, -0.15) is 0 Å². The fourth-order valence-corrected chi connectivity index (χ4v) is 5.85. The number of hydrogen-bond donors (Lipinski definition) is 5. The van der Waals surface area contributed by atoms with E-state index in [1.54, 1.807) is 0 Å². The van der Waals surface area contributed by atoms with E-state index in [0.717, 1.165) is 38.5 Å². The Hall–Kier alpha value is -3.51. The minimum atomic E-state index is -1.15. The van der Waals surface area contributed by atoms with Crippen molar-refractivity contribution in [3.63, 3.8) is 0 Å². The van der Waals surface area contributed by atoms with Crippen LogP contribution in [0.4, 0.5) is 0 Å². The predicted molar refractivity (Wildman–Crippen MR) is 191 cm³/mol. The summed E-state index contributed by atoms with van der Waals surface area (Å²) in [5.41, 5.74) is 0. The van der Waals surface area contributed by atoms with Crippen LogP contribution in [0, 0.1) is 0 Å². The molecule has 46 heavy (non-hydrogen) atoms. The third kappa shape index (κ3) is 28.0. The highest BCUT2D eigenvalue weighted by atomic mass is 33.1. The normalized spacial score (nSPS) is 13.3. The van der Waals surface area contributed by atoms with Crippen LogP contribution >= 0.6 is 21.6 Å². The molecule has 2 atom stereocenters. The molecule has 0 radical (unpaired) electrons. The lowest BCUT2D eigenvalue weighted by Crippen LogP contribution is -2.49. The second-order valence-electron chi connectivity index (χ2n) is 10.0. The summed E-state index contributed by atoms with van der Waals surface area (Å²) in [6.07, 6.45) is 32.3. The standard InChI is InChI=1S/C34H52N4O6S2/c1-4-5-6-7-8-9-10-11-12-13-14-15-16-17-18-19-20-21-22-23-32(41)35-24-25-36-33(42)30(37-28(2)39)26-45-46-27-31(34(43)44)38-29(3)40/h5-6,8-9,11-12,14-15,17-18,20-21,30-31H,4,7,10,13,16,19,22-27H2,1-3H3,(H,35,41)(H,36,42)(H,37,39)(H,38,40)(H,43,44)/t30-,31-/m0/s1. The molecule has 0 rings (SSSR count). The first kappa shape index (κ1) is 42.5. The monoisotopic (exact) mass is 676 g/mol. The number of rotatable bonds is 26. The van der Waals surface area contributed by atoms with E-state index in [1.165, 1.54) is 35.4 Å². The maximum Gasteiger partial charge on any atom is 0.327 e. The number of carboxylic acid groups (broad SMARTS) is 1. The number of hydrogen-bond acceptors (Lipinski definition) is 7. The third-order valence-electron chi connectivity index (χ3n) is 5.80. The van der Waals surface area contributed by atoms with Crippen LogP contribution in [-0.2, 0) is 24.0 Å². The number of amides is 4. The average Bonchev–Trinajstić information content (AvgIpc) is 3.00. The largest absolute Gasteiger partial charge is 0.480 e. The minimum absolute atomic E-state index is 0.0958. The number of aliphatic carboxylic acids is 1. The summed E-state index contributed by atoms with van der Waals surface area (Å²) >= 11 is 0. The molecule has 0 saturated carbocycles. The van der Waals surface area contributed by atoms with Gasteiger partial charge in [-0.15, -0.1) is 0 Å². The highest BCUT2D eigenvalue weighted by molar-refractivity contribution is 8.76. The Balaban J connectivity index is 4.06. The minimum Gasteiger partial charge on any atom is -0.480 e.